The van der Waals surface area contributed by atoms with Crippen LogP contribution in [0.15, 0.2) is 53.0 Å². The SMILES string of the molecule is NCCc1ccccc1C(=O)Nc1ccc(Br)cc1. The quantitative estimate of drug-likeness (QED) is 0.909. The highest BCUT2D eigenvalue weighted by Crippen LogP contribution is 2.16. The fraction of sp³-hybridized carbons (Fsp3) is 0.133. The van der Waals surface area contributed by atoms with Gasteiger partial charge in [-0.15, -0.1) is 0 Å². The first-order chi connectivity index (χ1) is 9.20. The van der Waals surface area contributed by atoms with Gasteiger partial charge in [-0.2, -0.15) is 0 Å². The van der Waals surface area contributed by atoms with Crippen molar-refractivity contribution in [2.45, 2.75) is 6.42 Å². The number of amides is 1. The Balaban J connectivity index is 2.18. The topological polar surface area (TPSA) is 55.1 Å². The van der Waals surface area contributed by atoms with Crippen molar-refractivity contribution in [2.24, 2.45) is 5.73 Å². The average molecular weight is 319 g/mol. The molecule has 0 aromatic heterocycles. The lowest BCUT2D eigenvalue weighted by molar-refractivity contribution is 0.102. The third kappa shape index (κ3) is 3.66. The van der Waals surface area contributed by atoms with Crippen molar-refractivity contribution >= 4 is 27.5 Å². The van der Waals surface area contributed by atoms with Gasteiger partial charge in [0.2, 0.25) is 0 Å². The smallest absolute Gasteiger partial charge is 0.255 e. The lowest BCUT2D eigenvalue weighted by Gasteiger charge is -2.09. The number of anilines is 1. The molecule has 0 atom stereocenters. The summed E-state index contributed by atoms with van der Waals surface area (Å²) in [6, 6.07) is 15.0. The highest BCUT2D eigenvalue weighted by atomic mass is 79.9. The molecule has 0 fully saturated rings. The van der Waals surface area contributed by atoms with Gasteiger partial charge in [0.15, 0.2) is 0 Å². The molecule has 2 rings (SSSR count). The minimum atomic E-state index is -0.105. The number of hydrogen-bond donors (Lipinski definition) is 2. The number of halogens is 1. The maximum absolute atomic E-state index is 12.2. The number of hydrogen-bond acceptors (Lipinski definition) is 2. The van der Waals surface area contributed by atoms with Crippen molar-refractivity contribution in [1.82, 2.24) is 0 Å². The van der Waals surface area contributed by atoms with Gasteiger partial charge in [0.1, 0.15) is 0 Å². The predicted octanol–water partition coefficient (Wildman–Crippen LogP) is 3.20. The normalized spacial score (nSPS) is 10.2. The number of nitrogens with two attached hydrogens (primary N) is 1. The lowest BCUT2D eigenvalue weighted by atomic mass is 10.0. The van der Waals surface area contributed by atoms with Crippen LogP contribution in [-0.2, 0) is 6.42 Å². The van der Waals surface area contributed by atoms with Crippen LogP contribution in [0.3, 0.4) is 0 Å². The van der Waals surface area contributed by atoms with E-state index in [1.165, 1.54) is 0 Å². The van der Waals surface area contributed by atoms with E-state index in [-0.39, 0.29) is 5.91 Å². The second-order valence-corrected chi connectivity index (χ2v) is 5.07. The molecule has 0 aliphatic heterocycles. The molecule has 3 N–H and O–H groups in total. The van der Waals surface area contributed by atoms with E-state index in [9.17, 15) is 4.79 Å². The summed E-state index contributed by atoms with van der Waals surface area (Å²) in [5.41, 5.74) is 7.98. The van der Waals surface area contributed by atoms with E-state index >= 15 is 0 Å². The average Bonchev–Trinajstić information content (AvgIpc) is 2.42. The summed E-state index contributed by atoms with van der Waals surface area (Å²) in [5, 5.41) is 2.88. The zero-order valence-electron chi connectivity index (χ0n) is 10.4. The van der Waals surface area contributed by atoms with Crippen molar-refractivity contribution in [3.63, 3.8) is 0 Å². The molecule has 0 bridgehead atoms. The summed E-state index contributed by atoms with van der Waals surface area (Å²) in [5.74, 6) is -0.105. The molecular weight excluding hydrogens is 304 g/mol. The van der Waals surface area contributed by atoms with Crippen molar-refractivity contribution in [2.75, 3.05) is 11.9 Å². The zero-order valence-corrected chi connectivity index (χ0v) is 12.0. The molecule has 0 spiro atoms. The minimum Gasteiger partial charge on any atom is -0.330 e. The minimum absolute atomic E-state index is 0.105. The van der Waals surface area contributed by atoms with Crippen molar-refractivity contribution in [1.29, 1.82) is 0 Å². The molecule has 0 heterocycles. The zero-order chi connectivity index (χ0) is 13.7. The second-order valence-electron chi connectivity index (χ2n) is 4.16. The summed E-state index contributed by atoms with van der Waals surface area (Å²) < 4.78 is 0.981. The molecule has 1 amide bonds. The van der Waals surface area contributed by atoms with E-state index in [1.807, 2.05) is 48.5 Å². The molecule has 0 aliphatic carbocycles. The van der Waals surface area contributed by atoms with Crippen LogP contribution in [0, 0.1) is 0 Å². The first-order valence-corrected chi connectivity index (χ1v) is 6.85. The van der Waals surface area contributed by atoms with Crippen molar-refractivity contribution in [3.8, 4) is 0 Å². The van der Waals surface area contributed by atoms with Gasteiger partial charge >= 0.3 is 0 Å². The molecule has 2 aromatic carbocycles. The largest absolute Gasteiger partial charge is 0.330 e. The fourth-order valence-electron chi connectivity index (χ4n) is 1.85. The van der Waals surface area contributed by atoms with Crippen LogP contribution in [0.2, 0.25) is 0 Å². The monoisotopic (exact) mass is 318 g/mol. The van der Waals surface area contributed by atoms with E-state index in [0.29, 0.717) is 18.5 Å². The van der Waals surface area contributed by atoms with Gasteiger partial charge in [-0.1, -0.05) is 34.1 Å². The van der Waals surface area contributed by atoms with Crippen LogP contribution in [0.25, 0.3) is 0 Å². The Labute approximate surface area is 121 Å². The molecule has 0 unspecified atom stereocenters. The summed E-state index contributed by atoms with van der Waals surface area (Å²) in [4.78, 5) is 12.2. The predicted molar refractivity (Wildman–Crippen MR) is 81.3 cm³/mol. The standard InChI is InChI=1S/C15H15BrN2O/c16-12-5-7-13(8-6-12)18-15(19)14-4-2-1-3-11(14)9-10-17/h1-8H,9-10,17H2,(H,18,19). The van der Waals surface area contributed by atoms with Gasteiger partial charge in [-0.3, -0.25) is 4.79 Å². The fourth-order valence-corrected chi connectivity index (χ4v) is 2.11. The Hall–Kier alpha value is -1.65. The lowest BCUT2D eigenvalue weighted by Crippen LogP contribution is -2.15. The number of nitrogens with one attached hydrogen (secondary N) is 1. The van der Waals surface area contributed by atoms with E-state index < -0.39 is 0 Å². The van der Waals surface area contributed by atoms with Gasteiger partial charge in [-0.25, -0.2) is 0 Å². The van der Waals surface area contributed by atoms with Crippen LogP contribution in [0.4, 0.5) is 5.69 Å². The molecule has 0 radical (unpaired) electrons. The first kappa shape index (κ1) is 13.8. The molecule has 19 heavy (non-hydrogen) atoms. The number of carbonyl (C=O) groups is 1. The first-order valence-electron chi connectivity index (χ1n) is 6.05. The van der Waals surface area contributed by atoms with Gasteiger partial charge in [0, 0.05) is 15.7 Å². The van der Waals surface area contributed by atoms with Gasteiger partial charge in [-0.05, 0) is 48.9 Å². The van der Waals surface area contributed by atoms with E-state index in [0.717, 1.165) is 15.7 Å². The molecule has 0 saturated heterocycles. The van der Waals surface area contributed by atoms with E-state index in [1.54, 1.807) is 0 Å². The molecule has 3 nitrogen and oxygen atoms in total. The Morgan fingerprint density at radius 3 is 2.47 bits per heavy atom. The van der Waals surface area contributed by atoms with Crippen LogP contribution >= 0.6 is 15.9 Å². The molecule has 2 aromatic rings. The van der Waals surface area contributed by atoms with E-state index in [4.69, 9.17) is 5.73 Å². The molecule has 0 aliphatic rings. The Bertz CT molecular complexity index is 567. The van der Waals surface area contributed by atoms with Crippen LogP contribution in [-0.4, -0.2) is 12.5 Å². The third-order valence-electron chi connectivity index (χ3n) is 2.78. The highest BCUT2D eigenvalue weighted by molar-refractivity contribution is 9.10. The molecular formula is C15H15BrN2O. The number of benzene rings is 2. The summed E-state index contributed by atoms with van der Waals surface area (Å²) in [6.07, 6.45) is 0.698. The van der Waals surface area contributed by atoms with Gasteiger partial charge in [0.25, 0.3) is 5.91 Å². The molecule has 0 saturated carbocycles. The third-order valence-corrected chi connectivity index (χ3v) is 3.31. The number of rotatable bonds is 4. The summed E-state index contributed by atoms with van der Waals surface area (Å²) in [7, 11) is 0. The van der Waals surface area contributed by atoms with Crippen LogP contribution in [0.1, 0.15) is 15.9 Å². The highest BCUT2D eigenvalue weighted by Gasteiger charge is 2.10. The molecule has 4 heteroatoms. The van der Waals surface area contributed by atoms with E-state index in [2.05, 4.69) is 21.2 Å². The molecule has 98 valence electrons. The maximum Gasteiger partial charge on any atom is 0.255 e. The Morgan fingerprint density at radius 1 is 1.11 bits per heavy atom. The van der Waals surface area contributed by atoms with Crippen molar-refractivity contribution in [3.05, 3.63) is 64.1 Å². The Morgan fingerprint density at radius 2 is 1.79 bits per heavy atom. The Kier molecular flexibility index (Phi) is 4.71. The summed E-state index contributed by atoms with van der Waals surface area (Å²) >= 11 is 3.36. The number of carbonyl (C=O) groups excluding carboxylic acids is 1. The van der Waals surface area contributed by atoms with Crippen LogP contribution in [0.5, 0.6) is 0 Å². The van der Waals surface area contributed by atoms with Gasteiger partial charge < -0.3 is 11.1 Å². The van der Waals surface area contributed by atoms with Gasteiger partial charge in [0.05, 0.1) is 0 Å². The van der Waals surface area contributed by atoms with Crippen molar-refractivity contribution < 1.29 is 4.79 Å². The second kappa shape index (κ2) is 6.50. The maximum atomic E-state index is 12.2. The van der Waals surface area contributed by atoms with Crippen LogP contribution < -0.4 is 11.1 Å². The summed E-state index contributed by atoms with van der Waals surface area (Å²) in [6.45, 7) is 0.530.